The van der Waals surface area contributed by atoms with Crippen LogP contribution in [-0.4, -0.2) is 31.1 Å². The number of hydrogen-bond acceptors (Lipinski definition) is 6. The number of para-hydroxylation sites is 1. The number of ether oxygens (including phenoxy) is 3. The molecule has 3 rings (SSSR count). The van der Waals surface area contributed by atoms with Crippen molar-refractivity contribution in [2.75, 3.05) is 14.2 Å². The summed E-state index contributed by atoms with van der Waals surface area (Å²) in [4.78, 5) is 24.0. The molecule has 0 fully saturated rings. The van der Waals surface area contributed by atoms with E-state index < -0.39 is 0 Å². The molecule has 0 aliphatic heterocycles. The maximum Gasteiger partial charge on any atom is 0.337 e. The predicted octanol–water partition coefficient (Wildman–Crippen LogP) is 4.66. The number of carbonyl (C=O) groups excluding carboxylic acids is 2. The number of rotatable bonds is 8. The molecule has 0 spiro atoms. The molecule has 0 heterocycles. The molecule has 0 aliphatic rings. The predicted molar refractivity (Wildman–Crippen MR) is 117 cm³/mol. The quantitative estimate of drug-likeness (QED) is 0.325. The number of phenols is 1. The molecule has 0 amide bonds. The molecule has 0 saturated heterocycles. The van der Waals surface area contributed by atoms with Gasteiger partial charge in [0.2, 0.25) is 0 Å². The summed E-state index contributed by atoms with van der Waals surface area (Å²) in [7, 11) is 2.77. The summed E-state index contributed by atoms with van der Waals surface area (Å²) in [6.45, 7) is 0.301. The zero-order valence-corrected chi connectivity index (χ0v) is 17.2. The van der Waals surface area contributed by atoms with E-state index in [2.05, 4.69) is 0 Å². The minimum atomic E-state index is -0.390. The summed E-state index contributed by atoms with van der Waals surface area (Å²) in [6.07, 6.45) is 3.12. The number of allylic oxidation sites excluding steroid dienone is 1. The SMILES string of the molecule is COC(=O)c1ccc(COc2ccccc2/C=C/C(=O)c2ccc(O)c(OC)c2)cc1. The molecule has 3 aromatic carbocycles. The first kappa shape index (κ1) is 21.6. The Labute approximate surface area is 180 Å². The van der Waals surface area contributed by atoms with Gasteiger partial charge in [-0.2, -0.15) is 0 Å². The summed E-state index contributed by atoms with van der Waals surface area (Å²) in [5, 5.41) is 9.68. The first-order valence-electron chi connectivity index (χ1n) is 9.50. The van der Waals surface area contributed by atoms with Crippen molar-refractivity contribution in [3.05, 3.63) is 95.1 Å². The number of methoxy groups -OCH3 is 2. The number of carbonyl (C=O) groups is 2. The molecule has 0 saturated carbocycles. The van der Waals surface area contributed by atoms with Crippen LogP contribution in [0.1, 0.15) is 31.8 Å². The van der Waals surface area contributed by atoms with E-state index in [4.69, 9.17) is 14.2 Å². The van der Waals surface area contributed by atoms with Crippen LogP contribution in [0.3, 0.4) is 0 Å². The second kappa shape index (κ2) is 10.1. The van der Waals surface area contributed by atoms with Crippen LogP contribution in [0.2, 0.25) is 0 Å². The maximum absolute atomic E-state index is 12.5. The lowest BCUT2D eigenvalue weighted by atomic mass is 10.1. The van der Waals surface area contributed by atoms with Gasteiger partial charge in [0.1, 0.15) is 12.4 Å². The first-order valence-corrected chi connectivity index (χ1v) is 9.50. The standard InChI is InChI=1S/C25H22O6/c1-29-24-15-20(12-14-22(24)27)21(26)13-11-18-5-3-4-6-23(18)31-16-17-7-9-19(10-8-17)25(28)30-2/h3-15,27H,16H2,1-2H3/b13-11+. The molecule has 158 valence electrons. The fraction of sp³-hybridized carbons (Fsp3) is 0.120. The zero-order valence-electron chi connectivity index (χ0n) is 17.2. The number of hydrogen-bond donors (Lipinski definition) is 1. The first-order chi connectivity index (χ1) is 15.0. The monoisotopic (exact) mass is 418 g/mol. The molecule has 0 aromatic heterocycles. The number of aromatic hydroxyl groups is 1. The van der Waals surface area contributed by atoms with Gasteiger partial charge in [-0.3, -0.25) is 4.79 Å². The van der Waals surface area contributed by atoms with E-state index >= 15 is 0 Å². The number of benzene rings is 3. The van der Waals surface area contributed by atoms with Gasteiger partial charge in [0.25, 0.3) is 0 Å². The maximum atomic E-state index is 12.5. The third-order valence-corrected chi connectivity index (χ3v) is 4.57. The fourth-order valence-corrected chi connectivity index (χ4v) is 2.86. The fourth-order valence-electron chi connectivity index (χ4n) is 2.86. The van der Waals surface area contributed by atoms with Crippen molar-refractivity contribution >= 4 is 17.8 Å². The Kier molecular flexibility index (Phi) is 7.06. The molecule has 0 unspecified atom stereocenters. The van der Waals surface area contributed by atoms with Crippen molar-refractivity contribution in [1.82, 2.24) is 0 Å². The van der Waals surface area contributed by atoms with Crippen molar-refractivity contribution in [3.8, 4) is 17.2 Å². The van der Waals surface area contributed by atoms with E-state index in [1.807, 2.05) is 24.3 Å². The third kappa shape index (κ3) is 5.51. The van der Waals surface area contributed by atoms with E-state index in [-0.39, 0.29) is 23.3 Å². The van der Waals surface area contributed by atoms with Crippen molar-refractivity contribution in [1.29, 1.82) is 0 Å². The highest BCUT2D eigenvalue weighted by atomic mass is 16.5. The minimum Gasteiger partial charge on any atom is -0.504 e. The van der Waals surface area contributed by atoms with Gasteiger partial charge < -0.3 is 19.3 Å². The summed E-state index contributed by atoms with van der Waals surface area (Å²) < 4.78 is 15.6. The van der Waals surface area contributed by atoms with Crippen LogP contribution in [-0.2, 0) is 11.3 Å². The number of ketones is 1. The van der Waals surface area contributed by atoms with E-state index in [1.54, 1.807) is 30.3 Å². The lowest BCUT2D eigenvalue weighted by Gasteiger charge is -2.10. The molecular formula is C25H22O6. The molecular weight excluding hydrogens is 396 g/mol. The van der Waals surface area contributed by atoms with E-state index in [9.17, 15) is 14.7 Å². The van der Waals surface area contributed by atoms with Gasteiger partial charge in [0.05, 0.1) is 19.8 Å². The van der Waals surface area contributed by atoms with Crippen molar-refractivity contribution in [3.63, 3.8) is 0 Å². The largest absolute Gasteiger partial charge is 0.504 e. The summed E-state index contributed by atoms with van der Waals surface area (Å²) in [5.41, 5.74) is 2.50. The Bertz CT molecular complexity index is 1100. The van der Waals surface area contributed by atoms with Crippen molar-refractivity contribution in [2.24, 2.45) is 0 Å². The van der Waals surface area contributed by atoms with Gasteiger partial charge in [-0.05, 0) is 54.1 Å². The topological polar surface area (TPSA) is 82.1 Å². The van der Waals surface area contributed by atoms with Crippen molar-refractivity contribution < 1.29 is 28.9 Å². The smallest absolute Gasteiger partial charge is 0.337 e. The van der Waals surface area contributed by atoms with Gasteiger partial charge in [-0.15, -0.1) is 0 Å². The van der Waals surface area contributed by atoms with Crippen LogP contribution in [0.4, 0.5) is 0 Å². The average Bonchev–Trinajstić information content (AvgIpc) is 2.81. The van der Waals surface area contributed by atoms with Gasteiger partial charge in [0.15, 0.2) is 17.3 Å². The minimum absolute atomic E-state index is 0.0265. The molecule has 6 heteroatoms. The highest BCUT2D eigenvalue weighted by molar-refractivity contribution is 6.07. The number of phenolic OH excluding ortho intramolecular Hbond substituents is 1. The summed E-state index contributed by atoms with van der Waals surface area (Å²) in [5.74, 6) is 0.208. The van der Waals surface area contributed by atoms with E-state index in [1.165, 1.54) is 38.5 Å². The second-order valence-corrected chi connectivity index (χ2v) is 6.60. The molecule has 0 atom stereocenters. The molecule has 0 aliphatic carbocycles. The van der Waals surface area contributed by atoms with Gasteiger partial charge >= 0.3 is 5.97 Å². The molecule has 6 nitrogen and oxygen atoms in total. The van der Waals surface area contributed by atoms with Crippen LogP contribution in [0.25, 0.3) is 6.08 Å². The molecule has 0 bridgehead atoms. The van der Waals surface area contributed by atoms with E-state index in [0.717, 1.165) is 11.1 Å². The highest BCUT2D eigenvalue weighted by Crippen LogP contribution is 2.27. The Morgan fingerprint density at radius 1 is 0.903 bits per heavy atom. The molecule has 1 N–H and O–H groups in total. The van der Waals surface area contributed by atoms with Gasteiger partial charge in [-0.1, -0.05) is 30.3 Å². The van der Waals surface area contributed by atoms with Gasteiger partial charge in [0, 0.05) is 11.1 Å². The van der Waals surface area contributed by atoms with Crippen molar-refractivity contribution in [2.45, 2.75) is 6.61 Å². The summed E-state index contributed by atoms with van der Waals surface area (Å²) >= 11 is 0. The van der Waals surface area contributed by atoms with E-state index in [0.29, 0.717) is 23.5 Å². The second-order valence-electron chi connectivity index (χ2n) is 6.60. The average molecular weight is 418 g/mol. The zero-order chi connectivity index (χ0) is 22.2. The Hall–Kier alpha value is -4.06. The molecule has 31 heavy (non-hydrogen) atoms. The van der Waals surface area contributed by atoms with Gasteiger partial charge in [-0.25, -0.2) is 4.79 Å². The molecule has 3 aromatic rings. The summed E-state index contributed by atoms with van der Waals surface area (Å²) in [6, 6.07) is 18.8. The van der Waals surface area contributed by atoms with Crippen LogP contribution >= 0.6 is 0 Å². The molecule has 0 radical (unpaired) electrons. The number of esters is 1. The van der Waals surface area contributed by atoms with Crippen LogP contribution in [0, 0.1) is 0 Å². The van der Waals surface area contributed by atoms with Crippen LogP contribution in [0.15, 0.2) is 72.8 Å². The van der Waals surface area contributed by atoms with Crippen LogP contribution < -0.4 is 9.47 Å². The normalized spacial score (nSPS) is 10.6. The lowest BCUT2D eigenvalue weighted by molar-refractivity contribution is 0.0600. The van der Waals surface area contributed by atoms with Crippen LogP contribution in [0.5, 0.6) is 17.2 Å². The Morgan fingerprint density at radius 2 is 1.61 bits per heavy atom. The lowest BCUT2D eigenvalue weighted by Crippen LogP contribution is -2.02. The highest BCUT2D eigenvalue weighted by Gasteiger charge is 2.09. The Morgan fingerprint density at radius 3 is 2.32 bits per heavy atom. The third-order valence-electron chi connectivity index (χ3n) is 4.57. The Balaban J connectivity index is 1.70.